The summed E-state index contributed by atoms with van der Waals surface area (Å²) in [6.07, 6.45) is 0.243. The molecule has 2 aliphatic heterocycles. The van der Waals surface area contributed by atoms with Gasteiger partial charge < -0.3 is 14.6 Å². The van der Waals surface area contributed by atoms with Gasteiger partial charge in [-0.15, -0.1) is 0 Å². The predicted molar refractivity (Wildman–Crippen MR) is 137 cm³/mol. The highest BCUT2D eigenvalue weighted by atomic mass is 28.4. The summed E-state index contributed by atoms with van der Waals surface area (Å²) < 4.78 is 7.22. The fourth-order valence-electron chi connectivity index (χ4n) is 5.45. The lowest BCUT2D eigenvalue weighted by Gasteiger charge is -2.44. The minimum absolute atomic E-state index is 0.118. The van der Waals surface area contributed by atoms with Crippen molar-refractivity contribution in [2.45, 2.75) is 44.4 Å². The number of anilines is 1. The molecule has 174 valence electrons. The maximum Gasteiger partial charge on any atom is 0.261 e. The summed E-state index contributed by atoms with van der Waals surface area (Å²) in [5.74, 6) is -0.264. The molecule has 34 heavy (non-hydrogen) atoms. The number of benzene rings is 3. The van der Waals surface area contributed by atoms with Crippen LogP contribution >= 0.6 is 0 Å². The predicted octanol–water partition coefficient (Wildman–Crippen LogP) is 3.80. The van der Waals surface area contributed by atoms with Gasteiger partial charge in [0.05, 0.1) is 17.4 Å². The Morgan fingerprint density at radius 1 is 0.853 bits per heavy atom. The van der Waals surface area contributed by atoms with Crippen molar-refractivity contribution < 1.29 is 14.0 Å². The molecule has 2 amide bonds. The molecule has 1 fully saturated rings. The van der Waals surface area contributed by atoms with Gasteiger partial charge in [-0.3, -0.25) is 9.59 Å². The van der Waals surface area contributed by atoms with Crippen LogP contribution in [-0.4, -0.2) is 43.7 Å². The van der Waals surface area contributed by atoms with Crippen molar-refractivity contribution in [3.8, 4) is 0 Å². The van der Waals surface area contributed by atoms with E-state index in [0.717, 1.165) is 0 Å². The molecule has 2 heterocycles. The fourth-order valence-corrected chi connectivity index (χ4v) is 10.1. The highest BCUT2D eigenvalue weighted by molar-refractivity contribution is 6.99. The maximum absolute atomic E-state index is 13.4. The molecule has 5 rings (SSSR count). The van der Waals surface area contributed by atoms with E-state index in [1.807, 2.05) is 24.3 Å². The molecule has 3 aromatic rings. The first-order chi connectivity index (χ1) is 16.3. The molecule has 5 nitrogen and oxygen atoms in total. The third-order valence-electron chi connectivity index (χ3n) is 7.00. The number of nitrogens with one attached hydrogen (secondary N) is 1. The Balaban J connectivity index is 1.55. The van der Waals surface area contributed by atoms with Crippen LogP contribution < -0.4 is 15.7 Å². The third-order valence-corrected chi connectivity index (χ3v) is 12.1. The average Bonchev–Trinajstić information content (AvgIpc) is 3.23. The van der Waals surface area contributed by atoms with E-state index in [2.05, 4.69) is 74.6 Å². The zero-order valence-corrected chi connectivity index (χ0v) is 20.8. The second-order valence-corrected chi connectivity index (χ2v) is 14.4. The van der Waals surface area contributed by atoms with Gasteiger partial charge in [0.25, 0.3) is 14.2 Å². The van der Waals surface area contributed by atoms with Crippen LogP contribution in [0.15, 0.2) is 84.9 Å². The van der Waals surface area contributed by atoms with E-state index < -0.39 is 14.4 Å². The minimum atomic E-state index is -2.78. The van der Waals surface area contributed by atoms with Crippen LogP contribution in [0.1, 0.15) is 37.6 Å². The summed E-state index contributed by atoms with van der Waals surface area (Å²) in [6, 6.07) is 27.6. The van der Waals surface area contributed by atoms with Crippen molar-refractivity contribution in [1.82, 2.24) is 4.90 Å². The Morgan fingerprint density at radius 2 is 1.41 bits per heavy atom. The van der Waals surface area contributed by atoms with Crippen molar-refractivity contribution >= 4 is 36.2 Å². The van der Waals surface area contributed by atoms with Crippen LogP contribution in [0.4, 0.5) is 5.69 Å². The lowest BCUT2D eigenvalue weighted by Crippen LogP contribution is -2.67. The third kappa shape index (κ3) is 3.67. The molecule has 2 atom stereocenters. The number of hydrogen-bond acceptors (Lipinski definition) is 3. The van der Waals surface area contributed by atoms with E-state index >= 15 is 0 Å². The summed E-state index contributed by atoms with van der Waals surface area (Å²) in [6.45, 7) is 7.11. The number of carbonyl (C=O) groups is 2. The molecule has 0 spiro atoms. The molecule has 0 aromatic heterocycles. The van der Waals surface area contributed by atoms with E-state index in [-0.39, 0.29) is 23.0 Å². The molecule has 0 radical (unpaired) electrons. The lowest BCUT2D eigenvalue weighted by molar-refractivity contribution is -0.119. The van der Waals surface area contributed by atoms with E-state index in [4.69, 9.17) is 4.43 Å². The van der Waals surface area contributed by atoms with Gasteiger partial charge in [0.1, 0.15) is 6.04 Å². The zero-order chi connectivity index (χ0) is 23.9. The van der Waals surface area contributed by atoms with E-state index in [1.165, 1.54) is 10.4 Å². The lowest BCUT2D eigenvalue weighted by atomic mass is 10.1. The second kappa shape index (κ2) is 8.53. The highest BCUT2D eigenvalue weighted by Crippen LogP contribution is 2.40. The molecule has 0 bridgehead atoms. The number of amides is 2. The van der Waals surface area contributed by atoms with Crippen molar-refractivity contribution in [1.29, 1.82) is 0 Å². The first kappa shape index (κ1) is 22.6. The SMILES string of the molecule is CC(C)(C)[Si](O[C@@H]1C[C@H]2C(=O)Nc3ccccc3C(=O)N2C1)(c1ccccc1)c1ccccc1. The van der Waals surface area contributed by atoms with Gasteiger partial charge in [0.2, 0.25) is 5.91 Å². The van der Waals surface area contributed by atoms with Gasteiger partial charge in [0.15, 0.2) is 0 Å². The molecular formula is C28H30N2O3Si. The van der Waals surface area contributed by atoms with Gasteiger partial charge >= 0.3 is 0 Å². The van der Waals surface area contributed by atoms with E-state index in [0.29, 0.717) is 24.2 Å². The first-order valence-electron chi connectivity index (χ1n) is 11.8. The number of fused-ring (bicyclic) bond motifs is 2. The van der Waals surface area contributed by atoms with Crippen molar-refractivity contribution in [2.75, 3.05) is 11.9 Å². The van der Waals surface area contributed by atoms with Crippen LogP contribution in [0.3, 0.4) is 0 Å². The maximum atomic E-state index is 13.4. The summed E-state index contributed by atoms with van der Waals surface area (Å²) in [7, 11) is -2.78. The number of nitrogens with zero attached hydrogens (tertiary/aromatic N) is 1. The molecule has 0 unspecified atom stereocenters. The zero-order valence-electron chi connectivity index (χ0n) is 19.8. The van der Waals surface area contributed by atoms with Gasteiger partial charge in [0, 0.05) is 13.0 Å². The minimum Gasteiger partial charge on any atom is -0.403 e. The molecule has 1 N–H and O–H groups in total. The van der Waals surface area contributed by atoms with Crippen LogP contribution in [-0.2, 0) is 9.22 Å². The van der Waals surface area contributed by atoms with Gasteiger partial charge in [-0.25, -0.2) is 0 Å². The average molecular weight is 471 g/mol. The molecule has 1 saturated heterocycles. The number of hydrogen-bond donors (Lipinski definition) is 1. The number of carbonyl (C=O) groups excluding carboxylic acids is 2. The van der Waals surface area contributed by atoms with Gasteiger partial charge in [-0.05, 0) is 27.5 Å². The standard InChI is InChI=1S/C28H30N2O3Si/c1-28(2,3)34(21-12-6-4-7-13-21,22-14-8-5-9-15-22)33-20-18-25-26(31)29-24-17-11-10-16-23(24)27(32)30(25)19-20/h4-17,20,25H,18-19H2,1-3H3,(H,29,31)/t20-,25+/m1/s1. The molecular weight excluding hydrogens is 440 g/mol. The Morgan fingerprint density at radius 3 is 2.00 bits per heavy atom. The van der Waals surface area contributed by atoms with Crippen LogP contribution in [0.5, 0.6) is 0 Å². The normalized spacial score (nSPS) is 20.4. The van der Waals surface area contributed by atoms with Crippen molar-refractivity contribution in [2.24, 2.45) is 0 Å². The summed E-state index contributed by atoms with van der Waals surface area (Å²) in [5, 5.41) is 5.17. The molecule has 3 aromatic carbocycles. The second-order valence-electron chi connectivity index (χ2n) is 10.1. The largest absolute Gasteiger partial charge is 0.403 e. The molecule has 0 aliphatic carbocycles. The monoisotopic (exact) mass is 470 g/mol. The summed E-state index contributed by atoms with van der Waals surface area (Å²) in [4.78, 5) is 28.2. The van der Waals surface area contributed by atoms with Crippen LogP contribution in [0.2, 0.25) is 5.04 Å². The molecule has 2 aliphatic rings. The Bertz CT molecular complexity index is 1170. The first-order valence-corrected chi connectivity index (χ1v) is 13.7. The summed E-state index contributed by atoms with van der Waals surface area (Å²) in [5.41, 5.74) is 1.11. The topological polar surface area (TPSA) is 58.6 Å². The van der Waals surface area contributed by atoms with Crippen molar-refractivity contribution in [3.63, 3.8) is 0 Å². The number of rotatable bonds is 4. The smallest absolute Gasteiger partial charge is 0.261 e. The Hall–Kier alpha value is -3.22. The van der Waals surface area contributed by atoms with E-state index in [9.17, 15) is 9.59 Å². The summed E-state index contributed by atoms with van der Waals surface area (Å²) >= 11 is 0. The van der Waals surface area contributed by atoms with E-state index in [1.54, 1.807) is 17.0 Å². The van der Waals surface area contributed by atoms with Gasteiger partial charge in [-0.1, -0.05) is 93.6 Å². The molecule has 0 saturated carbocycles. The van der Waals surface area contributed by atoms with Crippen molar-refractivity contribution in [3.05, 3.63) is 90.5 Å². The quantitative estimate of drug-likeness (QED) is 0.590. The number of para-hydroxylation sites is 1. The Kier molecular flexibility index (Phi) is 5.66. The fraction of sp³-hybridized carbons (Fsp3) is 0.286. The Labute approximate surface area is 201 Å². The van der Waals surface area contributed by atoms with Gasteiger partial charge in [-0.2, -0.15) is 0 Å². The van der Waals surface area contributed by atoms with Crippen LogP contribution in [0, 0.1) is 0 Å². The molecule has 6 heteroatoms. The van der Waals surface area contributed by atoms with Crippen LogP contribution in [0.25, 0.3) is 0 Å². The highest BCUT2D eigenvalue weighted by Gasteiger charge is 2.54.